The molecule has 1 heterocycles. The summed E-state index contributed by atoms with van der Waals surface area (Å²) in [4.78, 5) is 11.5. The van der Waals surface area contributed by atoms with Crippen LogP contribution in [0.25, 0.3) is 0 Å². The Morgan fingerprint density at radius 2 is 2.18 bits per heavy atom. The minimum absolute atomic E-state index is 0.155. The Morgan fingerprint density at radius 1 is 1.47 bits per heavy atom. The number of carbonyl (C=O) groups excluding carboxylic acids is 1. The quantitative estimate of drug-likeness (QED) is 0.707. The number of hydrogen-bond donors (Lipinski definition) is 2. The monoisotopic (exact) mass is 242 g/mol. The number of hydrogen-bond acceptors (Lipinski definition) is 3. The van der Waals surface area contributed by atoms with E-state index >= 15 is 0 Å². The molecule has 100 valence electrons. The summed E-state index contributed by atoms with van der Waals surface area (Å²) >= 11 is 0. The number of amides is 1. The number of rotatable bonds is 7. The summed E-state index contributed by atoms with van der Waals surface area (Å²) in [6.07, 6.45) is 5.15. The van der Waals surface area contributed by atoms with Gasteiger partial charge >= 0.3 is 0 Å². The maximum atomic E-state index is 11.5. The molecule has 1 aliphatic heterocycles. The highest BCUT2D eigenvalue weighted by Gasteiger charge is 2.13. The van der Waals surface area contributed by atoms with Gasteiger partial charge < -0.3 is 15.4 Å². The largest absolute Gasteiger partial charge is 0.382 e. The molecule has 0 aliphatic carbocycles. The van der Waals surface area contributed by atoms with E-state index in [1.165, 1.54) is 12.8 Å². The first kappa shape index (κ1) is 14.5. The number of ether oxygens (including phenoxy) is 1. The zero-order valence-electron chi connectivity index (χ0n) is 11.1. The molecule has 0 aromatic rings. The molecule has 0 radical (unpaired) electrons. The van der Waals surface area contributed by atoms with Gasteiger partial charge in [0.15, 0.2) is 0 Å². The molecular formula is C13H26N2O2. The van der Waals surface area contributed by atoms with Crippen molar-refractivity contribution in [3.8, 4) is 0 Å². The van der Waals surface area contributed by atoms with Crippen molar-refractivity contribution in [1.82, 2.24) is 10.6 Å². The van der Waals surface area contributed by atoms with E-state index in [1.807, 2.05) is 6.92 Å². The Balaban J connectivity index is 1.99. The van der Waals surface area contributed by atoms with Crippen molar-refractivity contribution >= 4 is 5.91 Å². The molecule has 2 N–H and O–H groups in total. The smallest absolute Gasteiger partial charge is 0.220 e. The second kappa shape index (κ2) is 8.48. The standard InChI is InChI=1S/C13H26N2O2/c1-11(17-2)3-4-13(16)15-10-7-12-5-8-14-9-6-12/h11-12,14H,3-10H2,1-2H3,(H,15,16). The number of nitrogens with one attached hydrogen (secondary N) is 2. The van der Waals surface area contributed by atoms with Gasteiger partial charge in [0.2, 0.25) is 5.91 Å². The average molecular weight is 242 g/mol. The Kier molecular flexibility index (Phi) is 7.21. The second-order valence-corrected chi connectivity index (χ2v) is 4.92. The molecule has 0 aromatic carbocycles. The van der Waals surface area contributed by atoms with E-state index < -0.39 is 0 Å². The highest BCUT2D eigenvalue weighted by molar-refractivity contribution is 5.75. The maximum absolute atomic E-state index is 11.5. The van der Waals surface area contributed by atoms with Crippen LogP contribution < -0.4 is 10.6 Å². The Labute approximate surface area is 104 Å². The molecule has 1 amide bonds. The van der Waals surface area contributed by atoms with Crippen LogP contribution in [0, 0.1) is 5.92 Å². The Morgan fingerprint density at radius 3 is 2.82 bits per heavy atom. The van der Waals surface area contributed by atoms with E-state index in [2.05, 4.69) is 10.6 Å². The lowest BCUT2D eigenvalue weighted by Gasteiger charge is -2.22. The van der Waals surface area contributed by atoms with Gasteiger partial charge in [0.1, 0.15) is 0 Å². The highest BCUT2D eigenvalue weighted by Crippen LogP contribution is 2.14. The number of carbonyl (C=O) groups is 1. The Bertz CT molecular complexity index is 215. The van der Waals surface area contributed by atoms with Crippen molar-refractivity contribution in [1.29, 1.82) is 0 Å². The van der Waals surface area contributed by atoms with E-state index in [9.17, 15) is 4.79 Å². The van der Waals surface area contributed by atoms with Crippen LogP contribution in [0.1, 0.15) is 39.0 Å². The zero-order valence-corrected chi connectivity index (χ0v) is 11.1. The first-order valence-corrected chi connectivity index (χ1v) is 6.72. The van der Waals surface area contributed by atoms with Crippen LogP contribution in [0.5, 0.6) is 0 Å². The number of piperidine rings is 1. The Hall–Kier alpha value is -0.610. The summed E-state index contributed by atoms with van der Waals surface area (Å²) < 4.78 is 5.11. The third kappa shape index (κ3) is 6.64. The molecular weight excluding hydrogens is 216 g/mol. The van der Waals surface area contributed by atoms with Crippen LogP contribution in [0.2, 0.25) is 0 Å². The lowest BCUT2D eigenvalue weighted by Crippen LogP contribution is -2.31. The van der Waals surface area contributed by atoms with Gasteiger partial charge in [0, 0.05) is 20.1 Å². The van der Waals surface area contributed by atoms with Gasteiger partial charge in [-0.25, -0.2) is 0 Å². The highest BCUT2D eigenvalue weighted by atomic mass is 16.5. The minimum atomic E-state index is 0.155. The van der Waals surface area contributed by atoms with E-state index in [-0.39, 0.29) is 12.0 Å². The number of methoxy groups -OCH3 is 1. The van der Waals surface area contributed by atoms with Crippen molar-refractivity contribution in [2.45, 2.75) is 45.1 Å². The molecule has 0 bridgehead atoms. The summed E-state index contributed by atoms with van der Waals surface area (Å²) in [7, 11) is 1.68. The fourth-order valence-corrected chi connectivity index (χ4v) is 2.13. The molecule has 1 aliphatic rings. The fraction of sp³-hybridized carbons (Fsp3) is 0.923. The first-order chi connectivity index (χ1) is 8.22. The summed E-state index contributed by atoms with van der Waals surface area (Å²) in [5.41, 5.74) is 0. The predicted octanol–water partition coefficient (Wildman–Crippen LogP) is 1.31. The molecule has 1 unspecified atom stereocenters. The molecule has 1 fully saturated rings. The van der Waals surface area contributed by atoms with E-state index in [0.29, 0.717) is 6.42 Å². The lowest BCUT2D eigenvalue weighted by molar-refractivity contribution is -0.121. The summed E-state index contributed by atoms with van der Waals surface area (Å²) in [5.74, 6) is 0.942. The fourth-order valence-electron chi connectivity index (χ4n) is 2.13. The van der Waals surface area contributed by atoms with E-state index in [4.69, 9.17) is 4.74 Å². The molecule has 4 nitrogen and oxygen atoms in total. The summed E-state index contributed by atoms with van der Waals surface area (Å²) in [6, 6.07) is 0. The topological polar surface area (TPSA) is 50.4 Å². The van der Waals surface area contributed by atoms with Gasteiger partial charge in [-0.15, -0.1) is 0 Å². The third-order valence-electron chi connectivity index (χ3n) is 3.51. The van der Waals surface area contributed by atoms with Gasteiger partial charge in [0.05, 0.1) is 6.10 Å². The molecule has 0 aromatic heterocycles. The molecule has 1 saturated heterocycles. The average Bonchev–Trinajstić information content (AvgIpc) is 2.37. The van der Waals surface area contributed by atoms with Crippen molar-refractivity contribution in [3.63, 3.8) is 0 Å². The van der Waals surface area contributed by atoms with E-state index in [0.717, 1.165) is 38.4 Å². The molecule has 1 atom stereocenters. The van der Waals surface area contributed by atoms with Crippen molar-refractivity contribution in [2.75, 3.05) is 26.7 Å². The SMILES string of the molecule is COC(C)CCC(=O)NCCC1CCNCC1. The molecule has 1 rings (SSSR count). The van der Waals surface area contributed by atoms with Crippen LogP contribution in [0.15, 0.2) is 0 Å². The van der Waals surface area contributed by atoms with Gasteiger partial charge in [-0.1, -0.05) is 0 Å². The second-order valence-electron chi connectivity index (χ2n) is 4.92. The third-order valence-corrected chi connectivity index (χ3v) is 3.51. The maximum Gasteiger partial charge on any atom is 0.220 e. The van der Waals surface area contributed by atoms with Crippen LogP contribution >= 0.6 is 0 Å². The summed E-state index contributed by atoms with van der Waals surface area (Å²) in [5, 5.41) is 6.35. The van der Waals surface area contributed by atoms with Crippen LogP contribution in [-0.2, 0) is 9.53 Å². The van der Waals surface area contributed by atoms with Crippen molar-refractivity contribution < 1.29 is 9.53 Å². The van der Waals surface area contributed by atoms with E-state index in [1.54, 1.807) is 7.11 Å². The van der Waals surface area contributed by atoms with Crippen LogP contribution in [0.4, 0.5) is 0 Å². The predicted molar refractivity (Wildman–Crippen MR) is 68.9 cm³/mol. The first-order valence-electron chi connectivity index (χ1n) is 6.72. The van der Waals surface area contributed by atoms with Crippen molar-refractivity contribution in [3.05, 3.63) is 0 Å². The zero-order chi connectivity index (χ0) is 12.5. The van der Waals surface area contributed by atoms with Gasteiger partial charge in [-0.3, -0.25) is 4.79 Å². The van der Waals surface area contributed by atoms with Gasteiger partial charge in [-0.2, -0.15) is 0 Å². The molecule has 17 heavy (non-hydrogen) atoms. The van der Waals surface area contributed by atoms with Gasteiger partial charge in [-0.05, 0) is 51.6 Å². The summed E-state index contributed by atoms with van der Waals surface area (Å²) in [6.45, 7) is 5.07. The van der Waals surface area contributed by atoms with Gasteiger partial charge in [0.25, 0.3) is 0 Å². The molecule has 4 heteroatoms. The van der Waals surface area contributed by atoms with Crippen LogP contribution in [0.3, 0.4) is 0 Å². The van der Waals surface area contributed by atoms with Crippen LogP contribution in [-0.4, -0.2) is 38.8 Å². The molecule has 0 saturated carbocycles. The lowest BCUT2D eigenvalue weighted by atomic mass is 9.95. The van der Waals surface area contributed by atoms with Crippen molar-refractivity contribution in [2.24, 2.45) is 5.92 Å². The minimum Gasteiger partial charge on any atom is -0.382 e. The normalized spacial score (nSPS) is 18.9. The molecule has 0 spiro atoms.